The molecular formula is C22H20Br2N2O5. The van der Waals surface area contributed by atoms with Crippen LogP contribution >= 0.6 is 31.9 Å². The Kier molecular flexibility index (Phi) is 6.43. The Morgan fingerprint density at radius 3 is 2.26 bits per heavy atom. The number of ether oxygens (including phenoxy) is 1. The maximum absolute atomic E-state index is 12.6. The minimum Gasteiger partial charge on any atom is -0.454 e. The summed E-state index contributed by atoms with van der Waals surface area (Å²) >= 11 is 7.05. The lowest BCUT2D eigenvalue weighted by Crippen LogP contribution is -2.37. The largest absolute Gasteiger partial charge is 0.454 e. The van der Waals surface area contributed by atoms with Crippen molar-refractivity contribution in [1.82, 2.24) is 4.90 Å². The zero-order chi connectivity index (χ0) is 22.1. The van der Waals surface area contributed by atoms with Crippen LogP contribution in [-0.2, 0) is 23.9 Å². The molecule has 0 spiro atoms. The molecule has 2 aromatic rings. The number of carbonyl (C=O) groups is 4. The van der Waals surface area contributed by atoms with Gasteiger partial charge in [-0.15, -0.1) is 0 Å². The van der Waals surface area contributed by atoms with E-state index in [1.807, 2.05) is 36.4 Å². The molecule has 0 bridgehead atoms. The van der Waals surface area contributed by atoms with Crippen LogP contribution in [0, 0.1) is 11.8 Å². The van der Waals surface area contributed by atoms with E-state index in [-0.39, 0.29) is 21.5 Å². The fourth-order valence-corrected chi connectivity index (χ4v) is 5.40. The van der Waals surface area contributed by atoms with Gasteiger partial charge >= 0.3 is 5.97 Å². The molecule has 4 atom stereocenters. The van der Waals surface area contributed by atoms with Gasteiger partial charge in [0.2, 0.25) is 11.8 Å². The molecule has 2 aromatic carbocycles. The molecular weight excluding hydrogens is 532 g/mol. The molecule has 1 saturated heterocycles. The highest BCUT2D eigenvalue weighted by molar-refractivity contribution is 9.12. The van der Waals surface area contributed by atoms with Gasteiger partial charge in [-0.3, -0.25) is 24.1 Å². The maximum Gasteiger partial charge on any atom is 0.326 e. The number of amides is 3. The SMILES string of the molecule is O=C(COC(=O)CN1C(=O)[C@@H]2C[C@H](Br)[C@@H](Br)C[C@H]2C1=O)Nc1cccc2ccccc12. The monoisotopic (exact) mass is 550 g/mol. The van der Waals surface area contributed by atoms with Crippen LogP contribution in [-0.4, -0.2) is 51.4 Å². The average molecular weight is 552 g/mol. The van der Waals surface area contributed by atoms with Crippen LogP contribution in [0.2, 0.25) is 0 Å². The van der Waals surface area contributed by atoms with Crippen molar-refractivity contribution in [2.75, 3.05) is 18.5 Å². The zero-order valence-corrected chi connectivity index (χ0v) is 19.6. The molecule has 1 saturated carbocycles. The van der Waals surface area contributed by atoms with E-state index < -0.39 is 36.9 Å². The number of nitrogens with one attached hydrogen (secondary N) is 1. The Bertz CT molecular complexity index is 1030. The Morgan fingerprint density at radius 2 is 1.58 bits per heavy atom. The molecule has 0 unspecified atom stereocenters. The topological polar surface area (TPSA) is 92.8 Å². The van der Waals surface area contributed by atoms with E-state index in [0.717, 1.165) is 15.7 Å². The maximum atomic E-state index is 12.6. The Labute approximate surface area is 195 Å². The van der Waals surface area contributed by atoms with Crippen molar-refractivity contribution in [2.24, 2.45) is 11.8 Å². The number of benzene rings is 2. The van der Waals surface area contributed by atoms with Crippen LogP contribution in [0.1, 0.15) is 12.8 Å². The quantitative estimate of drug-likeness (QED) is 0.350. The van der Waals surface area contributed by atoms with Gasteiger partial charge < -0.3 is 10.1 Å². The average Bonchev–Trinajstić information content (AvgIpc) is 2.97. The molecule has 31 heavy (non-hydrogen) atoms. The summed E-state index contributed by atoms with van der Waals surface area (Å²) in [5.74, 6) is -2.84. The zero-order valence-electron chi connectivity index (χ0n) is 16.4. The van der Waals surface area contributed by atoms with Crippen molar-refractivity contribution in [2.45, 2.75) is 22.5 Å². The van der Waals surface area contributed by atoms with E-state index in [9.17, 15) is 19.2 Å². The second-order valence-corrected chi connectivity index (χ2v) is 10.1. The second-order valence-electron chi connectivity index (χ2n) is 7.71. The molecule has 7 nitrogen and oxygen atoms in total. The smallest absolute Gasteiger partial charge is 0.326 e. The molecule has 0 aromatic heterocycles. The van der Waals surface area contributed by atoms with Crippen LogP contribution in [0.15, 0.2) is 42.5 Å². The first-order valence-electron chi connectivity index (χ1n) is 9.91. The number of alkyl halides is 2. The Hall–Kier alpha value is -2.26. The number of hydrogen-bond donors (Lipinski definition) is 1. The first-order chi connectivity index (χ1) is 14.8. The second kappa shape index (κ2) is 9.08. The van der Waals surface area contributed by atoms with Gasteiger partial charge in [0.25, 0.3) is 5.91 Å². The summed E-state index contributed by atoms with van der Waals surface area (Å²) in [4.78, 5) is 50.9. The summed E-state index contributed by atoms with van der Waals surface area (Å²) in [6.07, 6.45) is 1.06. The van der Waals surface area contributed by atoms with E-state index in [4.69, 9.17) is 4.74 Å². The van der Waals surface area contributed by atoms with Gasteiger partial charge in [0.05, 0.1) is 11.8 Å². The van der Waals surface area contributed by atoms with Crippen molar-refractivity contribution < 1.29 is 23.9 Å². The van der Waals surface area contributed by atoms with Gasteiger partial charge in [0.15, 0.2) is 6.61 Å². The predicted octanol–water partition coefficient (Wildman–Crippen LogP) is 3.24. The lowest BCUT2D eigenvalue weighted by atomic mass is 9.81. The number of likely N-dealkylation sites (tertiary alicyclic amines) is 1. The lowest BCUT2D eigenvalue weighted by Gasteiger charge is -2.29. The lowest BCUT2D eigenvalue weighted by molar-refractivity contribution is -0.154. The summed E-state index contributed by atoms with van der Waals surface area (Å²) in [6, 6.07) is 13.1. The molecule has 1 aliphatic heterocycles. The van der Waals surface area contributed by atoms with Crippen LogP contribution in [0.3, 0.4) is 0 Å². The molecule has 2 fully saturated rings. The summed E-state index contributed by atoms with van der Waals surface area (Å²) in [5.41, 5.74) is 0.613. The third-order valence-corrected chi connectivity index (χ3v) is 8.45. The molecule has 162 valence electrons. The number of fused-ring (bicyclic) bond motifs is 2. The molecule has 1 aliphatic carbocycles. The minimum absolute atomic E-state index is 0.0927. The number of nitrogens with zero attached hydrogens (tertiary/aromatic N) is 1. The number of imide groups is 1. The van der Waals surface area contributed by atoms with Gasteiger partial charge in [-0.05, 0) is 24.3 Å². The van der Waals surface area contributed by atoms with Crippen molar-refractivity contribution >= 4 is 72.0 Å². The van der Waals surface area contributed by atoms with Crippen LogP contribution in [0.25, 0.3) is 10.8 Å². The number of carbonyl (C=O) groups excluding carboxylic acids is 4. The molecule has 4 rings (SSSR count). The van der Waals surface area contributed by atoms with Gasteiger partial charge in [-0.25, -0.2) is 0 Å². The van der Waals surface area contributed by atoms with Crippen molar-refractivity contribution in [3.05, 3.63) is 42.5 Å². The van der Waals surface area contributed by atoms with Crippen LogP contribution < -0.4 is 5.32 Å². The fraction of sp³-hybridized carbons (Fsp3) is 0.364. The van der Waals surface area contributed by atoms with E-state index >= 15 is 0 Å². The number of esters is 1. The van der Waals surface area contributed by atoms with E-state index in [1.165, 1.54) is 0 Å². The summed E-state index contributed by atoms with van der Waals surface area (Å²) in [6.45, 7) is -0.982. The predicted molar refractivity (Wildman–Crippen MR) is 122 cm³/mol. The molecule has 2 aliphatic rings. The van der Waals surface area contributed by atoms with Crippen molar-refractivity contribution in [1.29, 1.82) is 0 Å². The molecule has 1 heterocycles. The molecule has 9 heteroatoms. The Balaban J connectivity index is 1.32. The van der Waals surface area contributed by atoms with Crippen molar-refractivity contribution in [3.63, 3.8) is 0 Å². The molecule has 3 amide bonds. The summed E-state index contributed by atoms with van der Waals surface area (Å²) in [7, 11) is 0. The minimum atomic E-state index is -0.792. The highest BCUT2D eigenvalue weighted by Gasteiger charge is 2.52. The fourth-order valence-electron chi connectivity index (χ4n) is 4.16. The third-order valence-electron chi connectivity index (χ3n) is 5.72. The van der Waals surface area contributed by atoms with Gasteiger partial charge in [-0.2, -0.15) is 0 Å². The van der Waals surface area contributed by atoms with E-state index in [2.05, 4.69) is 37.2 Å². The molecule has 1 N–H and O–H groups in total. The van der Waals surface area contributed by atoms with E-state index in [1.54, 1.807) is 6.07 Å². The molecule has 0 radical (unpaired) electrons. The first kappa shape index (κ1) is 22.0. The van der Waals surface area contributed by atoms with E-state index in [0.29, 0.717) is 18.5 Å². The van der Waals surface area contributed by atoms with Gasteiger partial charge in [0, 0.05) is 20.7 Å². The number of halogens is 2. The van der Waals surface area contributed by atoms with Gasteiger partial charge in [-0.1, -0.05) is 68.3 Å². The van der Waals surface area contributed by atoms with Crippen LogP contribution in [0.4, 0.5) is 5.69 Å². The number of hydrogen-bond acceptors (Lipinski definition) is 5. The number of rotatable bonds is 5. The summed E-state index contributed by atoms with van der Waals surface area (Å²) in [5, 5.41) is 4.57. The first-order valence-corrected chi connectivity index (χ1v) is 11.7. The third kappa shape index (κ3) is 4.52. The van der Waals surface area contributed by atoms with Gasteiger partial charge in [0.1, 0.15) is 6.54 Å². The van der Waals surface area contributed by atoms with Crippen LogP contribution in [0.5, 0.6) is 0 Å². The van der Waals surface area contributed by atoms with Crippen molar-refractivity contribution in [3.8, 4) is 0 Å². The summed E-state index contributed by atoms with van der Waals surface area (Å²) < 4.78 is 5.03. The highest BCUT2D eigenvalue weighted by atomic mass is 79.9. The normalized spacial score (nSPS) is 25.4. The number of anilines is 1. The highest BCUT2D eigenvalue weighted by Crippen LogP contribution is 2.43. The standard InChI is InChI=1S/C22H20Br2N2O5/c23-16-8-14-15(9-17(16)24)22(30)26(21(14)29)10-20(28)31-11-19(27)25-18-7-3-5-12-4-1-2-6-13(12)18/h1-7,14-17H,8-11H2,(H,25,27)/t14-,15-,16+,17+/m1/s1. The Morgan fingerprint density at radius 1 is 0.968 bits per heavy atom.